The van der Waals surface area contributed by atoms with Gasteiger partial charge in [-0.3, -0.25) is 14.5 Å². The van der Waals surface area contributed by atoms with Crippen molar-refractivity contribution in [3.8, 4) is 0 Å². The van der Waals surface area contributed by atoms with Crippen LogP contribution in [0.2, 0.25) is 0 Å². The molecular weight excluding hydrogens is 371 g/mol. The average Bonchev–Trinajstić information content (AvgIpc) is 2.72. The van der Waals surface area contributed by atoms with Gasteiger partial charge in [0.1, 0.15) is 5.82 Å². The predicted molar refractivity (Wildman–Crippen MR) is 110 cm³/mol. The van der Waals surface area contributed by atoms with Gasteiger partial charge in [-0.05, 0) is 36.2 Å². The van der Waals surface area contributed by atoms with Crippen molar-refractivity contribution in [1.29, 1.82) is 0 Å². The molecule has 2 aromatic carbocycles. The number of nitrogens with one attached hydrogen (secondary N) is 1. The SMILES string of the molecule is CC(C)CN1CCO[C@@H](CNC(=O)c2ccccc2C(=O)c2ccc(F)cc2)C1. The average molecular weight is 398 g/mol. The summed E-state index contributed by atoms with van der Waals surface area (Å²) in [6.07, 6.45) is -0.0774. The van der Waals surface area contributed by atoms with E-state index in [0.717, 1.165) is 19.6 Å². The zero-order chi connectivity index (χ0) is 20.8. The highest BCUT2D eigenvalue weighted by atomic mass is 19.1. The van der Waals surface area contributed by atoms with Crippen LogP contribution in [-0.2, 0) is 4.74 Å². The maximum atomic E-state index is 13.1. The second-order valence-corrected chi connectivity index (χ2v) is 7.74. The van der Waals surface area contributed by atoms with Crippen molar-refractivity contribution in [2.24, 2.45) is 5.92 Å². The van der Waals surface area contributed by atoms with Crippen LogP contribution in [0.25, 0.3) is 0 Å². The van der Waals surface area contributed by atoms with Crippen molar-refractivity contribution >= 4 is 11.7 Å². The van der Waals surface area contributed by atoms with E-state index in [1.54, 1.807) is 24.3 Å². The Morgan fingerprint density at radius 3 is 2.52 bits per heavy atom. The van der Waals surface area contributed by atoms with Crippen LogP contribution in [0.5, 0.6) is 0 Å². The Balaban J connectivity index is 1.65. The molecule has 1 saturated heterocycles. The highest BCUT2D eigenvalue weighted by Crippen LogP contribution is 2.16. The van der Waals surface area contributed by atoms with Crippen molar-refractivity contribution in [2.45, 2.75) is 20.0 Å². The second kappa shape index (κ2) is 9.76. The van der Waals surface area contributed by atoms with Gasteiger partial charge in [-0.2, -0.15) is 0 Å². The van der Waals surface area contributed by atoms with Crippen molar-refractivity contribution < 1.29 is 18.7 Å². The van der Waals surface area contributed by atoms with Crippen LogP contribution in [0.3, 0.4) is 0 Å². The lowest BCUT2D eigenvalue weighted by molar-refractivity contribution is -0.0295. The molecule has 0 aromatic heterocycles. The molecule has 2 aromatic rings. The summed E-state index contributed by atoms with van der Waals surface area (Å²) >= 11 is 0. The molecule has 1 amide bonds. The third-order valence-electron chi connectivity index (χ3n) is 4.86. The largest absolute Gasteiger partial charge is 0.374 e. The smallest absolute Gasteiger partial charge is 0.252 e. The van der Waals surface area contributed by atoms with E-state index in [-0.39, 0.29) is 17.8 Å². The summed E-state index contributed by atoms with van der Waals surface area (Å²) < 4.78 is 18.9. The standard InChI is InChI=1S/C23H27FN2O3/c1-16(2)14-26-11-12-29-19(15-26)13-25-23(28)21-6-4-3-5-20(21)22(27)17-7-9-18(24)10-8-17/h3-10,16,19H,11-15H2,1-2H3,(H,25,28)/t19-/m0/s1. The second-order valence-electron chi connectivity index (χ2n) is 7.74. The van der Waals surface area contributed by atoms with Gasteiger partial charge in [-0.15, -0.1) is 0 Å². The molecule has 1 fully saturated rings. The molecule has 154 valence electrons. The maximum absolute atomic E-state index is 13.1. The van der Waals surface area contributed by atoms with Crippen LogP contribution in [0, 0.1) is 11.7 Å². The molecule has 3 rings (SSSR count). The Bertz CT molecular complexity index is 851. The third-order valence-corrected chi connectivity index (χ3v) is 4.86. The van der Waals surface area contributed by atoms with Gasteiger partial charge >= 0.3 is 0 Å². The maximum Gasteiger partial charge on any atom is 0.252 e. The monoisotopic (exact) mass is 398 g/mol. The van der Waals surface area contributed by atoms with Crippen molar-refractivity contribution in [2.75, 3.05) is 32.8 Å². The molecule has 1 aliphatic heterocycles. The minimum absolute atomic E-state index is 0.0774. The highest BCUT2D eigenvalue weighted by molar-refractivity contribution is 6.15. The molecule has 5 nitrogen and oxygen atoms in total. The Hall–Kier alpha value is -2.57. The summed E-state index contributed by atoms with van der Waals surface area (Å²) in [5.74, 6) is -0.465. The Morgan fingerprint density at radius 1 is 1.14 bits per heavy atom. The molecule has 0 spiro atoms. The summed E-state index contributed by atoms with van der Waals surface area (Å²) in [5, 5.41) is 2.90. The van der Waals surface area contributed by atoms with Crippen LogP contribution in [0.4, 0.5) is 4.39 Å². The van der Waals surface area contributed by atoms with Gasteiger partial charge in [0.05, 0.1) is 18.3 Å². The summed E-state index contributed by atoms with van der Waals surface area (Å²) in [6, 6.07) is 12.0. The van der Waals surface area contributed by atoms with Crippen LogP contribution in [-0.4, -0.2) is 55.5 Å². The van der Waals surface area contributed by atoms with Gasteiger partial charge in [0.15, 0.2) is 5.78 Å². The van der Waals surface area contributed by atoms with Gasteiger partial charge in [0, 0.05) is 37.3 Å². The number of halogens is 1. The first-order valence-electron chi connectivity index (χ1n) is 9.95. The molecule has 0 bridgehead atoms. The number of carbonyl (C=O) groups is 2. The number of rotatable bonds is 7. The summed E-state index contributed by atoms with van der Waals surface area (Å²) in [5.41, 5.74) is 0.936. The Kier molecular flexibility index (Phi) is 7.12. The lowest BCUT2D eigenvalue weighted by Gasteiger charge is -2.34. The fourth-order valence-corrected chi connectivity index (χ4v) is 3.52. The molecule has 0 unspecified atom stereocenters. The lowest BCUT2D eigenvalue weighted by atomic mass is 9.98. The minimum atomic E-state index is -0.411. The zero-order valence-corrected chi connectivity index (χ0v) is 16.9. The molecule has 0 saturated carbocycles. The van der Waals surface area contributed by atoms with E-state index in [2.05, 4.69) is 24.1 Å². The number of benzene rings is 2. The van der Waals surface area contributed by atoms with Gasteiger partial charge in [0.2, 0.25) is 0 Å². The fraction of sp³-hybridized carbons (Fsp3) is 0.391. The summed E-state index contributed by atoms with van der Waals surface area (Å²) in [6.45, 7) is 8.07. The first-order valence-corrected chi connectivity index (χ1v) is 9.95. The van der Waals surface area contributed by atoms with E-state index in [9.17, 15) is 14.0 Å². The van der Waals surface area contributed by atoms with E-state index in [1.807, 2.05) is 0 Å². The number of nitrogens with zero attached hydrogens (tertiary/aromatic N) is 1. The van der Waals surface area contributed by atoms with E-state index in [0.29, 0.717) is 35.8 Å². The van der Waals surface area contributed by atoms with Crippen molar-refractivity contribution in [3.63, 3.8) is 0 Å². The van der Waals surface area contributed by atoms with Gasteiger partial charge in [-0.1, -0.05) is 32.0 Å². The molecule has 1 heterocycles. The number of hydrogen-bond donors (Lipinski definition) is 1. The lowest BCUT2D eigenvalue weighted by Crippen LogP contribution is -2.48. The number of ether oxygens (including phenoxy) is 1. The first-order chi connectivity index (χ1) is 13.9. The number of ketones is 1. The van der Waals surface area contributed by atoms with Crippen molar-refractivity contribution in [1.82, 2.24) is 10.2 Å². The number of amides is 1. The Morgan fingerprint density at radius 2 is 1.83 bits per heavy atom. The third kappa shape index (κ3) is 5.71. The summed E-state index contributed by atoms with van der Waals surface area (Å²) in [7, 11) is 0. The molecule has 6 heteroatoms. The van der Waals surface area contributed by atoms with E-state index >= 15 is 0 Å². The quantitative estimate of drug-likeness (QED) is 0.728. The van der Waals surface area contributed by atoms with Crippen LogP contribution in [0.15, 0.2) is 48.5 Å². The summed E-state index contributed by atoms with van der Waals surface area (Å²) in [4.78, 5) is 27.9. The van der Waals surface area contributed by atoms with E-state index in [4.69, 9.17) is 4.74 Å². The molecule has 0 aliphatic carbocycles. The van der Waals surface area contributed by atoms with Gasteiger partial charge in [0.25, 0.3) is 5.91 Å². The molecule has 1 aliphatic rings. The Labute approximate surface area is 170 Å². The molecule has 1 atom stereocenters. The van der Waals surface area contributed by atoms with Gasteiger partial charge in [-0.25, -0.2) is 4.39 Å². The van der Waals surface area contributed by atoms with Crippen LogP contribution in [0.1, 0.15) is 40.1 Å². The highest BCUT2D eigenvalue weighted by Gasteiger charge is 2.23. The molecule has 0 radical (unpaired) electrons. The molecule has 29 heavy (non-hydrogen) atoms. The molecule has 1 N–H and O–H groups in total. The predicted octanol–water partition coefficient (Wildman–Crippen LogP) is 3.14. The topological polar surface area (TPSA) is 58.6 Å². The van der Waals surface area contributed by atoms with Crippen LogP contribution >= 0.6 is 0 Å². The van der Waals surface area contributed by atoms with Gasteiger partial charge < -0.3 is 10.1 Å². The van der Waals surface area contributed by atoms with Crippen molar-refractivity contribution in [3.05, 3.63) is 71.0 Å². The zero-order valence-electron chi connectivity index (χ0n) is 16.9. The van der Waals surface area contributed by atoms with E-state index in [1.165, 1.54) is 24.3 Å². The molecular formula is C23H27FN2O3. The first kappa shape index (κ1) is 21.1. The minimum Gasteiger partial charge on any atom is -0.374 e. The van der Waals surface area contributed by atoms with E-state index < -0.39 is 5.82 Å². The van der Waals surface area contributed by atoms with Crippen LogP contribution < -0.4 is 5.32 Å². The number of morpholine rings is 1. The number of carbonyl (C=O) groups excluding carboxylic acids is 2. The fourth-order valence-electron chi connectivity index (χ4n) is 3.52. The normalized spacial score (nSPS) is 17.3. The number of hydrogen-bond acceptors (Lipinski definition) is 4.